The Morgan fingerprint density at radius 2 is 1.84 bits per heavy atom. The third-order valence-corrected chi connectivity index (χ3v) is 2.53. The van der Waals surface area contributed by atoms with Gasteiger partial charge in [0.2, 0.25) is 0 Å². The fourth-order valence-corrected chi connectivity index (χ4v) is 1.67. The summed E-state index contributed by atoms with van der Waals surface area (Å²) < 4.78 is 5.12. The molecule has 5 nitrogen and oxygen atoms in total. The van der Waals surface area contributed by atoms with Gasteiger partial charge in [0.1, 0.15) is 11.4 Å². The molecule has 2 rings (SSSR count). The van der Waals surface area contributed by atoms with Crippen LogP contribution in [-0.4, -0.2) is 18.3 Å². The molecule has 0 bridgehead atoms. The number of hydrogen-bond donors (Lipinski definition) is 1. The lowest BCUT2D eigenvalue weighted by Crippen LogP contribution is -1.86. The van der Waals surface area contributed by atoms with E-state index < -0.39 is 6.09 Å². The van der Waals surface area contributed by atoms with Gasteiger partial charge in [0.05, 0.1) is 7.11 Å². The summed E-state index contributed by atoms with van der Waals surface area (Å²) in [7, 11) is 1.50. The van der Waals surface area contributed by atoms with E-state index in [1.807, 2.05) is 36.4 Å². The van der Waals surface area contributed by atoms with Gasteiger partial charge in [0.15, 0.2) is 0 Å². The molecule has 1 N–H and O–H groups in total. The molecule has 2 aromatic carbocycles. The van der Waals surface area contributed by atoms with Gasteiger partial charge in [-0.3, -0.25) is 0 Å². The third kappa shape index (κ3) is 3.16. The molecule has 0 atom stereocenters. The van der Waals surface area contributed by atoms with Crippen LogP contribution in [0.4, 0.5) is 10.5 Å². The number of azo groups is 1. The fraction of sp³-hybridized carbons (Fsp3) is 0.0714. The first kappa shape index (κ1) is 12.8. The van der Waals surface area contributed by atoms with Crippen LogP contribution in [0.25, 0.3) is 11.1 Å². The minimum absolute atomic E-state index is 0.381. The normalized spacial score (nSPS) is 10.6. The number of amides is 1. The maximum absolute atomic E-state index is 10.4. The maximum Gasteiger partial charge on any atom is 0.449 e. The van der Waals surface area contributed by atoms with E-state index in [0.29, 0.717) is 11.4 Å². The largest absolute Gasteiger partial charge is 0.494 e. The molecule has 0 aromatic heterocycles. The van der Waals surface area contributed by atoms with Crippen LogP contribution >= 0.6 is 0 Å². The van der Waals surface area contributed by atoms with Gasteiger partial charge >= 0.3 is 6.09 Å². The molecular formula is C14H12N2O3. The van der Waals surface area contributed by atoms with Gasteiger partial charge in [-0.25, -0.2) is 4.79 Å². The number of carbonyl (C=O) groups is 1. The monoisotopic (exact) mass is 256 g/mol. The zero-order valence-electron chi connectivity index (χ0n) is 10.3. The van der Waals surface area contributed by atoms with Crippen molar-refractivity contribution in [1.29, 1.82) is 0 Å². The molecule has 19 heavy (non-hydrogen) atoms. The zero-order chi connectivity index (χ0) is 13.7. The van der Waals surface area contributed by atoms with E-state index in [1.54, 1.807) is 12.1 Å². The second-order valence-corrected chi connectivity index (χ2v) is 3.74. The maximum atomic E-state index is 10.4. The Kier molecular flexibility index (Phi) is 3.87. The minimum atomic E-state index is -1.34. The molecule has 0 aliphatic carbocycles. The summed E-state index contributed by atoms with van der Waals surface area (Å²) in [5.74, 6) is 0.477. The van der Waals surface area contributed by atoms with Crippen molar-refractivity contribution in [3.63, 3.8) is 0 Å². The molecule has 0 aliphatic heterocycles. The van der Waals surface area contributed by atoms with Gasteiger partial charge in [-0.1, -0.05) is 41.5 Å². The summed E-state index contributed by atoms with van der Waals surface area (Å²) in [6.45, 7) is 0. The van der Waals surface area contributed by atoms with Crippen molar-refractivity contribution < 1.29 is 14.6 Å². The molecule has 0 spiro atoms. The van der Waals surface area contributed by atoms with Crippen molar-refractivity contribution in [2.75, 3.05) is 7.11 Å². The molecule has 1 amide bonds. The second kappa shape index (κ2) is 5.77. The van der Waals surface area contributed by atoms with Crippen LogP contribution in [0.3, 0.4) is 0 Å². The summed E-state index contributed by atoms with van der Waals surface area (Å²) in [6.07, 6.45) is -1.34. The highest BCUT2D eigenvalue weighted by Crippen LogP contribution is 2.32. The summed E-state index contributed by atoms with van der Waals surface area (Å²) in [6, 6.07) is 15.1. The van der Waals surface area contributed by atoms with E-state index in [0.717, 1.165) is 11.1 Å². The van der Waals surface area contributed by atoms with E-state index in [4.69, 9.17) is 9.84 Å². The van der Waals surface area contributed by atoms with Crippen LogP contribution in [0.1, 0.15) is 0 Å². The molecule has 0 fully saturated rings. The van der Waals surface area contributed by atoms with E-state index >= 15 is 0 Å². The third-order valence-electron chi connectivity index (χ3n) is 2.53. The number of hydrogen-bond acceptors (Lipinski definition) is 3. The van der Waals surface area contributed by atoms with E-state index in [-0.39, 0.29) is 0 Å². The molecule has 0 saturated carbocycles. The highest BCUT2D eigenvalue weighted by Gasteiger charge is 2.05. The number of rotatable bonds is 3. The van der Waals surface area contributed by atoms with Gasteiger partial charge in [-0.05, 0) is 23.3 Å². The molecule has 96 valence electrons. The molecule has 0 saturated heterocycles. The van der Waals surface area contributed by atoms with Gasteiger partial charge in [-0.2, -0.15) is 0 Å². The molecule has 0 aliphatic rings. The number of ether oxygens (including phenoxy) is 1. The molecule has 0 heterocycles. The van der Waals surface area contributed by atoms with Crippen LogP contribution in [-0.2, 0) is 0 Å². The Morgan fingerprint density at radius 3 is 2.47 bits per heavy atom. The first-order valence-electron chi connectivity index (χ1n) is 5.59. The van der Waals surface area contributed by atoms with Crippen molar-refractivity contribution in [2.45, 2.75) is 0 Å². The number of benzene rings is 2. The topological polar surface area (TPSA) is 71.2 Å². The smallest absolute Gasteiger partial charge is 0.449 e. The first-order chi connectivity index (χ1) is 9.20. The van der Waals surface area contributed by atoms with Crippen LogP contribution < -0.4 is 4.74 Å². The van der Waals surface area contributed by atoms with Crippen molar-refractivity contribution in [3.05, 3.63) is 48.5 Å². The summed E-state index contributed by atoms with van der Waals surface area (Å²) in [5, 5.41) is 15.3. The van der Waals surface area contributed by atoms with Gasteiger partial charge < -0.3 is 9.84 Å². The van der Waals surface area contributed by atoms with E-state index in [9.17, 15) is 4.79 Å². The van der Waals surface area contributed by atoms with Crippen molar-refractivity contribution in [2.24, 2.45) is 10.2 Å². The van der Waals surface area contributed by atoms with Crippen LogP contribution in [0, 0.1) is 0 Å². The fourth-order valence-electron chi connectivity index (χ4n) is 1.67. The highest BCUT2D eigenvalue weighted by atomic mass is 16.5. The summed E-state index contributed by atoms with van der Waals surface area (Å²) >= 11 is 0. The lowest BCUT2D eigenvalue weighted by Gasteiger charge is -2.06. The number of carboxylic acid groups (broad SMARTS) is 1. The van der Waals surface area contributed by atoms with E-state index in [2.05, 4.69) is 10.2 Å². The zero-order valence-corrected chi connectivity index (χ0v) is 10.3. The summed E-state index contributed by atoms with van der Waals surface area (Å²) in [4.78, 5) is 10.4. The van der Waals surface area contributed by atoms with Crippen molar-refractivity contribution >= 4 is 11.8 Å². The van der Waals surface area contributed by atoms with Crippen LogP contribution in [0.15, 0.2) is 58.8 Å². The standard InChI is InChI=1S/C14H12N2O3/c1-19-13-8-7-11(10-5-3-2-4-6-10)9-12(13)15-16-14(17)18/h2-9H,1H3,(H,17,18). The molecule has 0 unspecified atom stereocenters. The van der Waals surface area contributed by atoms with Crippen molar-refractivity contribution in [3.8, 4) is 16.9 Å². The Bertz CT molecular complexity index is 609. The average Bonchev–Trinajstić information content (AvgIpc) is 2.45. The van der Waals surface area contributed by atoms with E-state index in [1.165, 1.54) is 7.11 Å². The molecule has 2 aromatic rings. The Morgan fingerprint density at radius 1 is 1.11 bits per heavy atom. The van der Waals surface area contributed by atoms with Crippen molar-refractivity contribution in [1.82, 2.24) is 0 Å². The van der Waals surface area contributed by atoms with Gasteiger partial charge in [0, 0.05) is 0 Å². The Balaban J connectivity index is 2.44. The molecule has 5 heteroatoms. The SMILES string of the molecule is COc1ccc(-c2ccccc2)cc1N=NC(=O)O. The second-order valence-electron chi connectivity index (χ2n) is 3.74. The predicted octanol–water partition coefficient (Wildman–Crippen LogP) is 4.12. The lowest BCUT2D eigenvalue weighted by molar-refractivity contribution is 0.204. The number of nitrogens with zero attached hydrogens (tertiary/aromatic N) is 2. The lowest BCUT2D eigenvalue weighted by atomic mass is 10.1. The molecule has 0 radical (unpaired) electrons. The van der Waals surface area contributed by atoms with Crippen LogP contribution in [0.5, 0.6) is 5.75 Å². The first-order valence-corrected chi connectivity index (χ1v) is 5.59. The predicted molar refractivity (Wildman–Crippen MR) is 71.0 cm³/mol. The van der Waals surface area contributed by atoms with Gasteiger partial charge in [0.25, 0.3) is 0 Å². The molecular weight excluding hydrogens is 244 g/mol. The Labute approximate surface area is 110 Å². The summed E-state index contributed by atoms with van der Waals surface area (Å²) in [5.41, 5.74) is 2.31. The van der Waals surface area contributed by atoms with Crippen LogP contribution in [0.2, 0.25) is 0 Å². The highest BCUT2D eigenvalue weighted by molar-refractivity contribution is 5.71. The number of methoxy groups -OCH3 is 1. The minimum Gasteiger partial charge on any atom is -0.494 e. The average molecular weight is 256 g/mol. The van der Waals surface area contributed by atoms with Gasteiger partial charge in [-0.15, -0.1) is 5.11 Å². The Hall–Kier alpha value is -2.69. The quantitative estimate of drug-likeness (QED) is 0.839.